The molecule has 2 aliphatic heterocycles. The summed E-state index contributed by atoms with van der Waals surface area (Å²) in [5, 5.41) is 2.98. The molecule has 0 radical (unpaired) electrons. The van der Waals surface area contributed by atoms with Crippen molar-refractivity contribution < 1.29 is 28.7 Å². The van der Waals surface area contributed by atoms with Gasteiger partial charge in [-0.1, -0.05) is 0 Å². The molecule has 0 aromatic heterocycles. The van der Waals surface area contributed by atoms with E-state index in [9.17, 15) is 19.2 Å². The first kappa shape index (κ1) is 21.6. The van der Waals surface area contributed by atoms with Crippen molar-refractivity contribution in [3.05, 3.63) is 23.8 Å². The van der Waals surface area contributed by atoms with E-state index in [1.54, 1.807) is 30.0 Å². The third-order valence-corrected chi connectivity index (χ3v) is 5.26. The van der Waals surface area contributed by atoms with E-state index < -0.39 is 0 Å². The fraction of sp³-hybridized carbons (Fsp3) is 0.524. The van der Waals surface area contributed by atoms with Gasteiger partial charge in [0.2, 0.25) is 5.91 Å². The number of anilines is 1. The average molecular weight is 417 g/mol. The number of hydrogen-bond donors (Lipinski definition) is 1. The quantitative estimate of drug-likeness (QED) is 0.707. The summed E-state index contributed by atoms with van der Waals surface area (Å²) in [4.78, 5) is 51.3. The van der Waals surface area contributed by atoms with Gasteiger partial charge in [-0.2, -0.15) is 0 Å². The lowest BCUT2D eigenvalue weighted by molar-refractivity contribution is -0.122. The summed E-state index contributed by atoms with van der Waals surface area (Å²) in [6.07, 6.45) is 1.13. The van der Waals surface area contributed by atoms with Gasteiger partial charge in [0.05, 0.1) is 12.3 Å². The summed E-state index contributed by atoms with van der Waals surface area (Å²) in [5.41, 5.74) is 0.990. The van der Waals surface area contributed by atoms with Crippen molar-refractivity contribution in [2.24, 2.45) is 0 Å². The monoisotopic (exact) mass is 417 g/mol. The smallest absolute Gasteiger partial charge is 0.409 e. The van der Waals surface area contributed by atoms with E-state index in [2.05, 4.69) is 5.32 Å². The highest BCUT2D eigenvalue weighted by Crippen LogP contribution is 2.33. The van der Waals surface area contributed by atoms with Crippen molar-refractivity contribution in [3.8, 4) is 5.75 Å². The minimum absolute atomic E-state index is 0.0137. The molecule has 1 aromatic carbocycles. The third-order valence-electron chi connectivity index (χ3n) is 5.26. The lowest BCUT2D eigenvalue weighted by Gasteiger charge is -2.32. The number of amides is 3. The number of fused-ring (bicyclic) bond motifs is 1. The fourth-order valence-electron chi connectivity index (χ4n) is 3.60. The summed E-state index contributed by atoms with van der Waals surface area (Å²) >= 11 is 0. The number of nitrogens with one attached hydrogen (secondary N) is 1. The molecule has 0 aliphatic carbocycles. The Bertz CT molecular complexity index is 832. The number of ketones is 1. The lowest BCUT2D eigenvalue weighted by atomic mass is 10.1. The summed E-state index contributed by atoms with van der Waals surface area (Å²) in [6.45, 7) is 4.73. The molecular weight excluding hydrogens is 390 g/mol. The van der Waals surface area contributed by atoms with Gasteiger partial charge in [-0.05, 0) is 44.9 Å². The molecule has 9 nitrogen and oxygen atoms in total. The topological polar surface area (TPSA) is 105 Å². The van der Waals surface area contributed by atoms with E-state index in [0.717, 1.165) is 0 Å². The molecule has 162 valence electrons. The van der Waals surface area contributed by atoms with Gasteiger partial charge in [0, 0.05) is 37.7 Å². The van der Waals surface area contributed by atoms with Crippen LogP contribution in [-0.2, 0) is 14.3 Å². The van der Waals surface area contributed by atoms with E-state index in [0.29, 0.717) is 49.5 Å². The van der Waals surface area contributed by atoms with Crippen molar-refractivity contribution in [1.29, 1.82) is 0 Å². The molecule has 9 heteroatoms. The Morgan fingerprint density at radius 1 is 1.23 bits per heavy atom. The number of nitrogens with zero attached hydrogens (tertiary/aromatic N) is 2. The third kappa shape index (κ3) is 5.08. The first-order valence-electron chi connectivity index (χ1n) is 10.2. The SMILES string of the molecule is CCOC(=O)N1CCC(NC(=O)CCN2C(=O)COc3ccc(C(C)=O)cc32)CC1. The van der Waals surface area contributed by atoms with Gasteiger partial charge in [0.15, 0.2) is 12.4 Å². The second-order valence-corrected chi connectivity index (χ2v) is 7.35. The Morgan fingerprint density at radius 3 is 2.63 bits per heavy atom. The number of rotatable bonds is 6. The van der Waals surface area contributed by atoms with Crippen LogP contribution >= 0.6 is 0 Å². The maximum atomic E-state index is 12.4. The van der Waals surface area contributed by atoms with Crippen LogP contribution < -0.4 is 15.0 Å². The molecule has 0 atom stereocenters. The largest absolute Gasteiger partial charge is 0.482 e. The molecule has 30 heavy (non-hydrogen) atoms. The van der Waals surface area contributed by atoms with Crippen LogP contribution in [0.1, 0.15) is 43.5 Å². The Balaban J connectivity index is 1.53. The number of ether oxygens (including phenoxy) is 2. The highest BCUT2D eigenvalue weighted by atomic mass is 16.6. The number of carbonyl (C=O) groups is 4. The van der Waals surface area contributed by atoms with Crippen molar-refractivity contribution in [2.75, 3.05) is 37.7 Å². The highest BCUT2D eigenvalue weighted by molar-refractivity contribution is 6.01. The lowest BCUT2D eigenvalue weighted by Crippen LogP contribution is -2.47. The zero-order chi connectivity index (χ0) is 21.7. The van der Waals surface area contributed by atoms with E-state index in [1.165, 1.54) is 11.8 Å². The van der Waals surface area contributed by atoms with Crippen LogP contribution in [0.4, 0.5) is 10.5 Å². The number of Topliss-reactive ketones (excluding diaryl/α,β-unsaturated/α-hetero) is 1. The minimum Gasteiger partial charge on any atom is -0.482 e. The van der Waals surface area contributed by atoms with Crippen molar-refractivity contribution in [2.45, 2.75) is 39.2 Å². The summed E-state index contributed by atoms with van der Waals surface area (Å²) < 4.78 is 10.4. The highest BCUT2D eigenvalue weighted by Gasteiger charge is 2.28. The molecule has 1 saturated heterocycles. The normalized spacial score (nSPS) is 16.5. The minimum atomic E-state index is -0.322. The van der Waals surface area contributed by atoms with Crippen LogP contribution in [0, 0.1) is 0 Å². The van der Waals surface area contributed by atoms with Gasteiger partial charge in [-0.15, -0.1) is 0 Å². The Kier molecular flexibility index (Phi) is 6.91. The van der Waals surface area contributed by atoms with Gasteiger partial charge in [0.25, 0.3) is 5.91 Å². The summed E-state index contributed by atoms with van der Waals surface area (Å²) in [5.74, 6) is 0.000849. The predicted molar refractivity (Wildman–Crippen MR) is 109 cm³/mol. The molecule has 0 saturated carbocycles. The standard InChI is InChI=1S/C21H27N3O6/c1-3-29-21(28)23-9-6-16(7-10-23)22-19(26)8-11-24-17-12-15(14(2)25)4-5-18(17)30-13-20(24)27/h4-5,12,16H,3,6-11,13H2,1-2H3,(H,22,26). The molecule has 0 bridgehead atoms. The van der Waals surface area contributed by atoms with Crippen LogP contribution in [0.15, 0.2) is 18.2 Å². The van der Waals surface area contributed by atoms with E-state index in [-0.39, 0.29) is 49.3 Å². The number of carbonyl (C=O) groups excluding carboxylic acids is 4. The number of benzene rings is 1. The maximum Gasteiger partial charge on any atom is 0.409 e. The zero-order valence-corrected chi connectivity index (χ0v) is 17.3. The Hall–Kier alpha value is -3.10. The Morgan fingerprint density at radius 2 is 1.97 bits per heavy atom. The summed E-state index contributed by atoms with van der Waals surface area (Å²) in [6, 6.07) is 4.94. The molecule has 3 amide bonds. The van der Waals surface area contributed by atoms with Crippen molar-refractivity contribution in [1.82, 2.24) is 10.2 Å². The second-order valence-electron chi connectivity index (χ2n) is 7.35. The molecule has 2 aliphatic rings. The van der Waals surface area contributed by atoms with Crippen molar-refractivity contribution in [3.63, 3.8) is 0 Å². The van der Waals surface area contributed by atoms with Crippen LogP contribution in [0.2, 0.25) is 0 Å². The fourth-order valence-corrected chi connectivity index (χ4v) is 3.60. The molecule has 0 spiro atoms. The van der Waals surface area contributed by atoms with Gasteiger partial charge in [0.1, 0.15) is 5.75 Å². The summed E-state index contributed by atoms with van der Waals surface area (Å²) in [7, 11) is 0. The molecule has 1 fully saturated rings. The first-order valence-corrected chi connectivity index (χ1v) is 10.2. The molecule has 1 N–H and O–H groups in total. The molecule has 3 rings (SSSR count). The van der Waals surface area contributed by atoms with Gasteiger partial charge < -0.3 is 24.6 Å². The van der Waals surface area contributed by atoms with Gasteiger partial charge in [-0.25, -0.2) is 4.79 Å². The van der Waals surface area contributed by atoms with E-state index in [1.807, 2.05) is 0 Å². The Labute approximate surface area is 175 Å². The maximum absolute atomic E-state index is 12.4. The molecular formula is C21H27N3O6. The van der Waals surface area contributed by atoms with Crippen LogP contribution in [0.25, 0.3) is 0 Å². The van der Waals surface area contributed by atoms with Gasteiger partial charge in [-0.3, -0.25) is 14.4 Å². The van der Waals surface area contributed by atoms with Crippen LogP contribution in [0.5, 0.6) is 5.75 Å². The van der Waals surface area contributed by atoms with Crippen LogP contribution in [0.3, 0.4) is 0 Å². The zero-order valence-electron chi connectivity index (χ0n) is 17.3. The number of piperidine rings is 1. The predicted octanol–water partition coefficient (Wildman–Crippen LogP) is 1.74. The molecule has 2 heterocycles. The molecule has 0 unspecified atom stereocenters. The van der Waals surface area contributed by atoms with Crippen LogP contribution in [-0.4, -0.2) is 67.5 Å². The van der Waals surface area contributed by atoms with Crippen molar-refractivity contribution >= 4 is 29.4 Å². The average Bonchev–Trinajstić information content (AvgIpc) is 2.73. The number of hydrogen-bond acceptors (Lipinski definition) is 6. The molecule has 1 aromatic rings. The first-order chi connectivity index (χ1) is 14.4. The van der Waals surface area contributed by atoms with Gasteiger partial charge >= 0.3 is 6.09 Å². The van der Waals surface area contributed by atoms with E-state index in [4.69, 9.17) is 9.47 Å². The van der Waals surface area contributed by atoms with E-state index >= 15 is 0 Å². The number of likely N-dealkylation sites (tertiary alicyclic amines) is 1. The second kappa shape index (κ2) is 9.60.